The van der Waals surface area contributed by atoms with Gasteiger partial charge < -0.3 is 25.1 Å². The maximum atomic E-state index is 10.7. The minimum atomic E-state index is -1.14. The van der Waals surface area contributed by atoms with E-state index in [-0.39, 0.29) is 0 Å². The van der Waals surface area contributed by atoms with Crippen LogP contribution in [0, 0.1) is 0 Å². The molecule has 0 heterocycles. The first kappa shape index (κ1) is 17.3. The Labute approximate surface area is 108 Å². The second-order valence-corrected chi connectivity index (χ2v) is 4.40. The Kier molecular flexibility index (Phi) is 9.86. The molecule has 0 radical (unpaired) electrons. The van der Waals surface area contributed by atoms with Crippen molar-refractivity contribution >= 4 is 5.97 Å². The van der Waals surface area contributed by atoms with Crippen LogP contribution in [0.15, 0.2) is 0 Å². The third-order valence-electron chi connectivity index (χ3n) is 2.53. The Morgan fingerprint density at radius 3 is 2.22 bits per heavy atom. The Morgan fingerprint density at radius 1 is 1.11 bits per heavy atom. The maximum absolute atomic E-state index is 10.7. The number of nitrogens with two attached hydrogens (primary N) is 1. The first-order chi connectivity index (χ1) is 8.50. The number of hydrogen-bond acceptors (Lipinski definition) is 5. The van der Waals surface area contributed by atoms with Gasteiger partial charge in [-0.2, -0.15) is 0 Å². The SMILES string of the molecule is COCCOCCOCCCCC(C)(N)C(=O)O. The molecule has 0 aliphatic rings. The van der Waals surface area contributed by atoms with E-state index in [4.69, 9.17) is 25.1 Å². The minimum absolute atomic E-state index is 0.454. The molecule has 0 amide bonds. The van der Waals surface area contributed by atoms with Gasteiger partial charge in [-0.3, -0.25) is 4.79 Å². The molecule has 0 fully saturated rings. The molecule has 6 nitrogen and oxygen atoms in total. The lowest BCUT2D eigenvalue weighted by molar-refractivity contribution is -0.142. The molecule has 0 aliphatic carbocycles. The molecule has 0 aromatic carbocycles. The van der Waals surface area contributed by atoms with E-state index in [1.54, 1.807) is 7.11 Å². The number of carboxylic acid groups (broad SMARTS) is 1. The molecule has 0 saturated heterocycles. The maximum Gasteiger partial charge on any atom is 0.323 e. The first-order valence-corrected chi connectivity index (χ1v) is 6.17. The van der Waals surface area contributed by atoms with Crippen molar-refractivity contribution in [3.05, 3.63) is 0 Å². The van der Waals surface area contributed by atoms with Crippen molar-refractivity contribution in [2.75, 3.05) is 40.1 Å². The van der Waals surface area contributed by atoms with Crippen LogP contribution < -0.4 is 5.73 Å². The second kappa shape index (κ2) is 10.3. The van der Waals surface area contributed by atoms with Gasteiger partial charge in [-0.05, 0) is 26.2 Å². The van der Waals surface area contributed by atoms with Gasteiger partial charge in [0.15, 0.2) is 0 Å². The highest BCUT2D eigenvalue weighted by molar-refractivity contribution is 5.77. The zero-order chi connectivity index (χ0) is 13.9. The molecule has 108 valence electrons. The summed E-state index contributed by atoms with van der Waals surface area (Å²) >= 11 is 0. The van der Waals surface area contributed by atoms with Crippen LogP contribution in [0.5, 0.6) is 0 Å². The van der Waals surface area contributed by atoms with E-state index < -0.39 is 11.5 Å². The number of unbranched alkanes of at least 4 members (excludes halogenated alkanes) is 1. The molecule has 0 bridgehead atoms. The van der Waals surface area contributed by atoms with Crippen molar-refractivity contribution in [3.8, 4) is 0 Å². The van der Waals surface area contributed by atoms with Crippen LogP contribution >= 0.6 is 0 Å². The summed E-state index contributed by atoms with van der Waals surface area (Å²) in [7, 11) is 1.63. The van der Waals surface area contributed by atoms with Gasteiger partial charge in [-0.15, -0.1) is 0 Å². The number of rotatable bonds is 12. The smallest absolute Gasteiger partial charge is 0.323 e. The number of ether oxygens (including phenoxy) is 3. The fourth-order valence-corrected chi connectivity index (χ4v) is 1.27. The highest BCUT2D eigenvalue weighted by Gasteiger charge is 2.26. The Balaban J connectivity index is 3.24. The van der Waals surface area contributed by atoms with Crippen LogP contribution in [0.25, 0.3) is 0 Å². The van der Waals surface area contributed by atoms with Crippen molar-refractivity contribution in [1.29, 1.82) is 0 Å². The topological polar surface area (TPSA) is 91.0 Å². The lowest BCUT2D eigenvalue weighted by Crippen LogP contribution is -2.44. The lowest BCUT2D eigenvalue weighted by Gasteiger charge is -2.18. The number of aliphatic carboxylic acids is 1. The first-order valence-electron chi connectivity index (χ1n) is 6.17. The van der Waals surface area contributed by atoms with Gasteiger partial charge in [-0.25, -0.2) is 0 Å². The Bertz CT molecular complexity index is 221. The molecule has 6 heteroatoms. The summed E-state index contributed by atoms with van der Waals surface area (Å²) in [4.78, 5) is 10.7. The van der Waals surface area contributed by atoms with Gasteiger partial charge in [0.25, 0.3) is 0 Å². The molecule has 18 heavy (non-hydrogen) atoms. The molecule has 0 aromatic rings. The summed E-state index contributed by atoms with van der Waals surface area (Å²) in [6, 6.07) is 0. The highest BCUT2D eigenvalue weighted by Crippen LogP contribution is 2.10. The van der Waals surface area contributed by atoms with Crippen LogP contribution in [-0.2, 0) is 19.0 Å². The lowest BCUT2D eigenvalue weighted by atomic mass is 9.97. The molecule has 1 unspecified atom stereocenters. The van der Waals surface area contributed by atoms with Gasteiger partial charge in [0, 0.05) is 13.7 Å². The van der Waals surface area contributed by atoms with Gasteiger partial charge in [-0.1, -0.05) is 0 Å². The van der Waals surface area contributed by atoms with E-state index >= 15 is 0 Å². The largest absolute Gasteiger partial charge is 0.480 e. The number of methoxy groups -OCH3 is 1. The predicted octanol–water partition coefficient (Wildman–Crippen LogP) is 0.638. The average Bonchev–Trinajstić information content (AvgIpc) is 2.31. The highest BCUT2D eigenvalue weighted by atomic mass is 16.5. The van der Waals surface area contributed by atoms with Crippen molar-refractivity contribution in [1.82, 2.24) is 0 Å². The standard InChI is InChI=1S/C12H25NO5/c1-12(13,11(14)15)5-3-4-6-17-9-10-18-8-7-16-2/h3-10,13H2,1-2H3,(H,14,15). The van der Waals surface area contributed by atoms with E-state index in [0.29, 0.717) is 39.5 Å². The fraction of sp³-hybridized carbons (Fsp3) is 0.917. The van der Waals surface area contributed by atoms with E-state index in [2.05, 4.69) is 0 Å². The van der Waals surface area contributed by atoms with Crippen LogP contribution in [0.2, 0.25) is 0 Å². The summed E-state index contributed by atoms with van der Waals surface area (Å²) < 4.78 is 15.4. The van der Waals surface area contributed by atoms with Crippen LogP contribution in [-0.4, -0.2) is 56.8 Å². The van der Waals surface area contributed by atoms with Gasteiger partial charge in [0.2, 0.25) is 0 Å². The third-order valence-corrected chi connectivity index (χ3v) is 2.53. The number of hydrogen-bond donors (Lipinski definition) is 2. The molecular formula is C12H25NO5. The molecule has 1 atom stereocenters. The summed E-state index contributed by atoms with van der Waals surface area (Å²) in [6.07, 6.45) is 2.00. The zero-order valence-corrected chi connectivity index (χ0v) is 11.3. The summed E-state index contributed by atoms with van der Waals surface area (Å²) in [5, 5.41) is 8.80. The van der Waals surface area contributed by atoms with Gasteiger partial charge in [0.1, 0.15) is 5.54 Å². The number of carbonyl (C=O) groups is 1. The summed E-state index contributed by atoms with van der Waals surface area (Å²) in [5.41, 5.74) is 4.46. The fourth-order valence-electron chi connectivity index (χ4n) is 1.27. The molecule has 0 aliphatic heterocycles. The zero-order valence-electron chi connectivity index (χ0n) is 11.3. The van der Waals surface area contributed by atoms with E-state index in [0.717, 1.165) is 12.8 Å². The van der Waals surface area contributed by atoms with Gasteiger partial charge >= 0.3 is 5.97 Å². The summed E-state index contributed by atoms with van der Waals surface area (Å²) in [5.74, 6) is -0.963. The van der Waals surface area contributed by atoms with E-state index in [1.165, 1.54) is 6.92 Å². The van der Waals surface area contributed by atoms with Crippen molar-refractivity contribution < 1.29 is 24.1 Å². The Hall–Kier alpha value is -0.690. The molecule has 0 rings (SSSR count). The normalized spacial score (nSPS) is 14.4. The molecular weight excluding hydrogens is 238 g/mol. The average molecular weight is 263 g/mol. The monoisotopic (exact) mass is 263 g/mol. The van der Waals surface area contributed by atoms with E-state index in [9.17, 15) is 4.79 Å². The quantitative estimate of drug-likeness (QED) is 0.502. The van der Waals surface area contributed by atoms with Crippen molar-refractivity contribution in [2.45, 2.75) is 31.7 Å². The third kappa shape index (κ3) is 9.35. The molecule has 0 spiro atoms. The van der Waals surface area contributed by atoms with Crippen molar-refractivity contribution in [2.24, 2.45) is 5.73 Å². The number of carboxylic acids is 1. The predicted molar refractivity (Wildman–Crippen MR) is 67.6 cm³/mol. The van der Waals surface area contributed by atoms with Gasteiger partial charge in [0.05, 0.1) is 26.4 Å². The van der Waals surface area contributed by atoms with E-state index in [1.807, 2.05) is 0 Å². The Morgan fingerprint density at radius 2 is 1.67 bits per heavy atom. The van der Waals surface area contributed by atoms with Crippen LogP contribution in [0.4, 0.5) is 0 Å². The molecule has 3 N–H and O–H groups in total. The minimum Gasteiger partial charge on any atom is -0.480 e. The summed E-state index contributed by atoms with van der Waals surface area (Å²) in [6.45, 7) is 4.38. The van der Waals surface area contributed by atoms with Crippen LogP contribution in [0.1, 0.15) is 26.2 Å². The van der Waals surface area contributed by atoms with Crippen molar-refractivity contribution in [3.63, 3.8) is 0 Å². The molecule has 0 aromatic heterocycles. The van der Waals surface area contributed by atoms with Crippen LogP contribution in [0.3, 0.4) is 0 Å². The second-order valence-electron chi connectivity index (χ2n) is 4.40. The molecule has 0 saturated carbocycles.